The molecule has 2 atom stereocenters. The first-order chi connectivity index (χ1) is 9.51. The third-order valence-electron chi connectivity index (χ3n) is 4.55. The summed E-state index contributed by atoms with van der Waals surface area (Å²) in [5.41, 5.74) is 3.13. The molecule has 0 bridgehead atoms. The number of aryl methyl sites for hydroxylation is 2. The average molecular weight is 295 g/mol. The molecule has 0 N–H and O–H groups in total. The molecular weight excluding hydrogens is 272 g/mol. The van der Waals surface area contributed by atoms with Gasteiger partial charge in [-0.05, 0) is 38.0 Å². The van der Waals surface area contributed by atoms with Crippen LogP contribution in [0.3, 0.4) is 0 Å². The molecule has 110 valence electrons. The Balaban J connectivity index is 2.13. The van der Waals surface area contributed by atoms with Gasteiger partial charge >= 0.3 is 0 Å². The van der Waals surface area contributed by atoms with Crippen molar-refractivity contribution in [2.75, 3.05) is 0 Å². The van der Waals surface area contributed by atoms with Crippen LogP contribution in [0.15, 0.2) is 0 Å². The molecule has 1 aliphatic rings. The predicted octanol–water partition coefficient (Wildman–Crippen LogP) is 3.81. The third kappa shape index (κ3) is 2.14. The van der Waals surface area contributed by atoms with Gasteiger partial charge in [-0.15, -0.1) is 11.6 Å². The second kappa shape index (κ2) is 5.06. The van der Waals surface area contributed by atoms with E-state index < -0.39 is 0 Å². The number of hydrogen-bond donors (Lipinski definition) is 0. The zero-order valence-electron chi connectivity index (χ0n) is 12.7. The van der Waals surface area contributed by atoms with Crippen LogP contribution < -0.4 is 0 Å². The Morgan fingerprint density at radius 3 is 2.45 bits per heavy atom. The molecule has 2 aromatic heterocycles. The fraction of sp³-hybridized carbons (Fsp3) is 0.733. The van der Waals surface area contributed by atoms with E-state index in [9.17, 15) is 0 Å². The minimum Gasteiger partial charge on any atom is -0.309 e. The number of fused-ring (bicyclic) bond motifs is 1. The number of imidazole rings is 1. The van der Waals surface area contributed by atoms with E-state index in [4.69, 9.17) is 16.6 Å². The van der Waals surface area contributed by atoms with E-state index in [-0.39, 0.29) is 0 Å². The Labute approximate surface area is 125 Å². The van der Waals surface area contributed by atoms with Crippen LogP contribution in [0.4, 0.5) is 0 Å². The van der Waals surface area contributed by atoms with Gasteiger partial charge in [-0.25, -0.2) is 4.98 Å². The average Bonchev–Trinajstić information content (AvgIpc) is 2.87. The van der Waals surface area contributed by atoms with Gasteiger partial charge in [0.25, 0.3) is 0 Å². The first-order valence-corrected chi connectivity index (χ1v) is 8.01. The van der Waals surface area contributed by atoms with Crippen LogP contribution in [-0.2, 0) is 12.9 Å². The Kier molecular flexibility index (Phi) is 3.53. The van der Waals surface area contributed by atoms with Crippen LogP contribution in [0, 0.1) is 18.8 Å². The number of halogens is 1. The van der Waals surface area contributed by atoms with Gasteiger partial charge in [0, 0.05) is 13.1 Å². The molecule has 0 amide bonds. The fourth-order valence-corrected chi connectivity index (χ4v) is 4.12. The lowest BCUT2D eigenvalue weighted by Gasteiger charge is -2.33. The van der Waals surface area contributed by atoms with Crippen LogP contribution in [0.1, 0.15) is 50.7 Å². The van der Waals surface area contributed by atoms with Crippen LogP contribution in [0.5, 0.6) is 0 Å². The first-order valence-electron chi connectivity index (χ1n) is 7.47. The summed E-state index contributed by atoms with van der Waals surface area (Å²) >= 11 is 6.14. The van der Waals surface area contributed by atoms with Crippen molar-refractivity contribution in [2.24, 2.45) is 18.9 Å². The van der Waals surface area contributed by atoms with Gasteiger partial charge in [0.05, 0.1) is 11.6 Å². The molecule has 4 nitrogen and oxygen atoms in total. The highest BCUT2D eigenvalue weighted by atomic mass is 35.5. The van der Waals surface area contributed by atoms with E-state index in [2.05, 4.69) is 23.5 Å². The lowest BCUT2D eigenvalue weighted by Crippen LogP contribution is -2.24. The van der Waals surface area contributed by atoms with Gasteiger partial charge in [-0.1, -0.05) is 13.8 Å². The first kappa shape index (κ1) is 13.9. The molecule has 0 radical (unpaired) electrons. The molecule has 2 unspecified atom stereocenters. The van der Waals surface area contributed by atoms with E-state index in [0.29, 0.717) is 11.9 Å². The predicted molar refractivity (Wildman–Crippen MR) is 82.0 cm³/mol. The van der Waals surface area contributed by atoms with Crippen molar-refractivity contribution in [3.63, 3.8) is 0 Å². The molecule has 2 aromatic rings. The highest BCUT2D eigenvalue weighted by Crippen LogP contribution is 2.38. The van der Waals surface area contributed by atoms with Crippen LogP contribution in [0.25, 0.3) is 11.2 Å². The minimum absolute atomic E-state index is 0.466. The van der Waals surface area contributed by atoms with E-state index in [0.717, 1.165) is 34.5 Å². The van der Waals surface area contributed by atoms with Gasteiger partial charge in [-0.3, -0.25) is 4.68 Å². The zero-order valence-corrected chi connectivity index (χ0v) is 13.5. The summed E-state index contributed by atoms with van der Waals surface area (Å²) in [6.45, 7) is 6.72. The molecule has 2 heterocycles. The van der Waals surface area contributed by atoms with Crippen molar-refractivity contribution in [3.8, 4) is 0 Å². The van der Waals surface area contributed by atoms with E-state index in [1.54, 1.807) is 0 Å². The second-order valence-electron chi connectivity index (χ2n) is 6.48. The van der Waals surface area contributed by atoms with Crippen molar-refractivity contribution in [2.45, 2.75) is 52.0 Å². The highest BCUT2D eigenvalue weighted by Gasteiger charge is 2.29. The van der Waals surface area contributed by atoms with E-state index in [1.807, 2.05) is 18.7 Å². The summed E-state index contributed by atoms with van der Waals surface area (Å²) in [5, 5.41) is 4.51. The molecule has 1 aliphatic carbocycles. The Hall–Kier alpha value is -1.03. The molecule has 1 fully saturated rings. The highest BCUT2D eigenvalue weighted by molar-refractivity contribution is 6.16. The van der Waals surface area contributed by atoms with Crippen molar-refractivity contribution in [1.29, 1.82) is 0 Å². The number of hydrogen-bond acceptors (Lipinski definition) is 2. The van der Waals surface area contributed by atoms with Crippen molar-refractivity contribution in [3.05, 3.63) is 11.5 Å². The standard InChI is InChI=1S/C15H23ClN4/c1-9-5-10(2)7-12(6-9)20-13(8-16)17-14-11(3)18-19(4)15(14)20/h9-10,12H,5-8H2,1-4H3. The van der Waals surface area contributed by atoms with Crippen LogP contribution >= 0.6 is 11.6 Å². The Bertz CT molecular complexity index is 617. The second-order valence-corrected chi connectivity index (χ2v) is 6.75. The Morgan fingerprint density at radius 2 is 1.85 bits per heavy atom. The maximum atomic E-state index is 6.14. The third-order valence-corrected chi connectivity index (χ3v) is 4.79. The number of nitrogens with zero attached hydrogens (tertiary/aromatic N) is 4. The van der Waals surface area contributed by atoms with Gasteiger partial charge in [0.1, 0.15) is 11.3 Å². The quantitative estimate of drug-likeness (QED) is 0.790. The molecular formula is C15H23ClN4. The summed E-state index contributed by atoms with van der Waals surface area (Å²) in [6.07, 6.45) is 3.75. The molecule has 3 rings (SSSR count). The number of aromatic nitrogens is 4. The van der Waals surface area contributed by atoms with Crippen LogP contribution in [0.2, 0.25) is 0 Å². The minimum atomic E-state index is 0.466. The number of rotatable bonds is 2. The largest absolute Gasteiger partial charge is 0.309 e. The molecule has 0 spiro atoms. The van der Waals surface area contributed by atoms with Crippen molar-refractivity contribution >= 4 is 22.8 Å². The normalized spacial score (nSPS) is 27.4. The molecule has 0 aromatic carbocycles. The Morgan fingerprint density at radius 1 is 1.20 bits per heavy atom. The maximum absolute atomic E-state index is 6.14. The summed E-state index contributed by atoms with van der Waals surface area (Å²) in [6, 6.07) is 0.502. The van der Waals surface area contributed by atoms with E-state index >= 15 is 0 Å². The smallest absolute Gasteiger partial charge is 0.158 e. The van der Waals surface area contributed by atoms with Gasteiger partial charge in [0.2, 0.25) is 0 Å². The summed E-state index contributed by atoms with van der Waals surface area (Å²) in [5.74, 6) is 2.98. The number of alkyl halides is 1. The summed E-state index contributed by atoms with van der Waals surface area (Å²) in [7, 11) is 2.00. The molecule has 0 saturated heterocycles. The monoisotopic (exact) mass is 294 g/mol. The topological polar surface area (TPSA) is 35.6 Å². The van der Waals surface area contributed by atoms with Crippen molar-refractivity contribution < 1.29 is 0 Å². The van der Waals surface area contributed by atoms with Gasteiger partial charge in [0.15, 0.2) is 5.65 Å². The summed E-state index contributed by atoms with van der Waals surface area (Å²) in [4.78, 5) is 4.72. The molecule has 0 aliphatic heterocycles. The van der Waals surface area contributed by atoms with Gasteiger partial charge in [-0.2, -0.15) is 5.10 Å². The fourth-order valence-electron chi connectivity index (χ4n) is 3.93. The SMILES string of the molecule is Cc1nn(C)c2c1nc(CCl)n2C1CC(C)CC(C)C1. The molecule has 1 saturated carbocycles. The lowest BCUT2D eigenvalue weighted by atomic mass is 9.80. The molecule has 20 heavy (non-hydrogen) atoms. The van der Waals surface area contributed by atoms with E-state index in [1.165, 1.54) is 19.3 Å². The molecule has 5 heteroatoms. The summed E-state index contributed by atoms with van der Waals surface area (Å²) < 4.78 is 4.31. The van der Waals surface area contributed by atoms with Gasteiger partial charge < -0.3 is 4.57 Å². The lowest BCUT2D eigenvalue weighted by molar-refractivity contribution is 0.221. The van der Waals surface area contributed by atoms with Crippen molar-refractivity contribution in [1.82, 2.24) is 19.3 Å². The van der Waals surface area contributed by atoms with Crippen LogP contribution in [-0.4, -0.2) is 19.3 Å². The zero-order chi connectivity index (χ0) is 14.4. The maximum Gasteiger partial charge on any atom is 0.158 e.